The van der Waals surface area contributed by atoms with Crippen LogP contribution in [0.25, 0.3) is 0 Å². The Hall–Kier alpha value is -0.520. The highest BCUT2D eigenvalue weighted by atomic mass is 79.9. The number of alkyl halides is 3. The van der Waals surface area contributed by atoms with Gasteiger partial charge in [-0.25, -0.2) is 0 Å². The number of carbonyl (C=O) groups is 2. The third kappa shape index (κ3) is 3.23. The predicted octanol–water partition coefficient (Wildman–Crippen LogP) is 1.99. The van der Waals surface area contributed by atoms with Crippen LogP contribution in [0.5, 0.6) is 0 Å². The third-order valence-electron chi connectivity index (χ3n) is 2.73. The maximum Gasteiger partial charge on any atom is 0.315 e. The van der Waals surface area contributed by atoms with E-state index in [0.29, 0.717) is 12.8 Å². The molecule has 0 aromatic heterocycles. The minimum Gasteiger partial charge on any atom is -0.328 e. The molecule has 1 aliphatic heterocycles. The molecule has 1 amide bonds. The van der Waals surface area contributed by atoms with Crippen molar-refractivity contribution in [2.75, 3.05) is 11.9 Å². The normalized spacial score (nSPS) is 22.0. The monoisotopic (exact) mass is 297 g/mol. The second-order valence-electron chi connectivity index (χ2n) is 3.80. The summed E-state index contributed by atoms with van der Waals surface area (Å²) >= 11 is 3.01. The summed E-state index contributed by atoms with van der Waals surface area (Å²) in [7, 11) is 0. The lowest BCUT2D eigenvalue weighted by Crippen LogP contribution is -2.47. The maximum atomic E-state index is 12.4. The van der Waals surface area contributed by atoms with E-state index in [1.165, 1.54) is 0 Å². The van der Waals surface area contributed by atoms with Crippen molar-refractivity contribution in [2.45, 2.75) is 38.2 Å². The summed E-state index contributed by atoms with van der Waals surface area (Å²) in [5.74, 6) is -1.42. The number of likely N-dealkylation sites (tertiary alicyclic amines) is 1. The summed E-state index contributed by atoms with van der Waals surface area (Å²) in [6.45, 7) is 0.257. The molecule has 92 valence electrons. The number of amides is 1. The van der Waals surface area contributed by atoms with E-state index in [4.69, 9.17) is 0 Å². The van der Waals surface area contributed by atoms with Crippen molar-refractivity contribution in [1.29, 1.82) is 0 Å². The third-order valence-corrected chi connectivity index (χ3v) is 3.28. The van der Waals surface area contributed by atoms with Crippen molar-refractivity contribution in [3.05, 3.63) is 0 Å². The minimum atomic E-state index is -3.02. The van der Waals surface area contributed by atoms with Crippen molar-refractivity contribution >= 4 is 27.6 Å². The molecule has 1 rings (SSSR count). The van der Waals surface area contributed by atoms with Crippen molar-refractivity contribution in [3.8, 4) is 0 Å². The van der Waals surface area contributed by atoms with E-state index in [9.17, 15) is 18.4 Å². The molecular weight excluding hydrogens is 284 g/mol. The van der Waals surface area contributed by atoms with Gasteiger partial charge < -0.3 is 4.90 Å². The van der Waals surface area contributed by atoms with E-state index < -0.39 is 18.4 Å². The molecule has 1 heterocycles. The first-order chi connectivity index (χ1) is 7.57. The molecule has 3 nitrogen and oxygen atoms in total. The minimum absolute atomic E-state index is 0.102. The molecule has 6 heteroatoms. The topological polar surface area (TPSA) is 37.4 Å². The lowest BCUT2D eigenvalue weighted by atomic mass is 10.1. The highest BCUT2D eigenvalue weighted by Gasteiger charge is 2.33. The summed E-state index contributed by atoms with van der Waals surface area (Å²) in [5.41, 5.74) is 0. The van der Waals surface area contributed by atoms with Gasteiger partial charge in [-0.15, -0.1) is 0 Å². The van der Waals surface area contributed by atoms with Crippen molar-refractivity contribution in [2.24, 2.45) is 0 Å². The lowest BCUT2D eigenvalue weighted by Gasteiger charge is -2.28. The van der Waals surface area contributed by atoms with E-state index in [0.717, 1.165) is 17.7 Å². The molecule has 0 bridgehead atoms. The molecule has 16 heavy (non-hydrogen) atoms. The van der Waals surface area contributed by atoms with Crippen molar-refractivity contribution < 1.29 is 18.4 Å². The predicted molar refractivity (Wildman–Crippen MR) is 58.8 cm³/mol. The Morgan fingerprint density at radius 2 is 2.00 bits per heavy atom. The summed E-state index contributed by atoms with van der Waals surface area (Å²) in [6, 6.07) is -0.677. The number of hydrogen-bond donors (Lipinski definition) is 0. The Kier molecular flexibility index (Phi) is 5.31. The number of halogens is 3. The Bertz CT molecular complexity index is 274. The van der Waals surface area contributed by atoms with E-state index >= 15 is 0 Å². The van der Waals surface area contributed by atoms with Gasteiger partial charge in [0.2, 0.25) is 0 Å². The molecule has 0 aromatic rings. The second-order valence-corrected chi connectivity index (χ2v) is 4.36. The van der Waals surface area contributed by atoms with Crippen molar-refractivity contribution in [3.63, 3.8) is 0 Å². The number of Topliss-reactive ketones (excluding diaryl/α,β-unsaturated/α-hetero) is 1. The molecule has 0 spiro atoms. The van der Waals surface area contributed by atoms with Crippen LogP contribution < -0.4 is 0 Å². The number of carbonyl (C=O) groups excluding carboxylic acids is 2. The van der Waals surface area contributed by atoms with E-state index in [1.807, 2.05) is 0 Å². The van der Waals surface area contributed by atoms with Gasteiger partial charge in [0, 0.05) is 6.54 Å². The largest absolute Gasteiger partial charge is 0.328 e. The fraction of sp³-hybridized carbons (Fsp3) is 0.800. The molecular formula is C10H14BrF2NO2. The summed E-state index contributed by atoms with van der Waals surface area (Å²) < 4.78 is 24.7. The molecule has 0 aliphatic carbocycles. The highest BCUT2D eigenvalue weighted by Crippen LogP contribution is 2.20. The van der Waals surface area contributed by atoms with E-state index in [2.05, 4.69) is 15.9 Å². The van der Waals surface area contributed by atoms with Gasteiger partial charge >= 0.3 is 6.43 Å². The van der Waals surface area contributed by atoms with Gasteiger partial charge in [0.15, 0.2) is 5.78 Å². The smallest absolute Gasteiger partial charge is 0.315 e. The van der Waals surface area contributed by atoms with Crippen LogP contribution >= 0.6 is 15.9 Å². The maximum absolute atomic E-state index is 12.4. The van der Waals surface area contributed by atoms with Gasteiger partial charge in [0.1, 0.15) is 0 Å². The lowest BCUT2D eigenvalue weighted by molar-refractivity contribution is -0.148. The van der Waals surface area contributed by atoms with Crippen LogP contribution in [0.15, 0.2) is 0 Å². The van der Waals surface area contributed by atoms with Gasteiger partial charge in [0.25, 0.3) is 5.91 Å². The first-order valence-corrected chi connectivity index (χ1v) is 6.37. The van der Waals surface area contributed by atoms with E-state index in [-0.39, 0.29) is 17.7 Å². The Morgan fingerprint density at radius 3 is 2.56 bits per heavy atom. The van der Waals surface area contributed by atoms with Crippen LogP contribution in [-0.2, 0) is 9.59 Å². The standard InChI is InChI=1S/C10H14BrF2NO2/c11-6-8(15)7-4-2-1-3-5-14(7)10(16)9(12)13/h7,9H,1-6H2. The Morgan fingerprint density at radius 1 is 1.31 bits per heavy atom. The molecule has 1 unspecified atom stereocenters. The fourth-order valence-corrected chi connectivity index (χ4v) is 2.29. The number of hydrogen-bond acceptors (Lipinski definition) is 2. The van der Waals surface area contributed by atoms with E-state index in [1.54, 1.807) is 0 Å². The quantitative estimate of drug-likeness (QED) is 0.747. The highest BCUT2D eigenvalue weighted by molar-refractivity contribution is 9.09. The van der Waals surface area contributed by atoms with Gasteiger partial charge in [-0.05, 0) is 12.8 Å². The number of rotatable bonds is 3. The number of ketones is 1. The molecule has 1 fully saturated rings. The zero-order valence-electron chi connectivity index (χ0n) is 8.79. The Labute approximate surface area is 101 Å². The van der Waals surface area contributed by atoms with Crippen molar-refractivity contribution in [1.82, 2.24) is 4.90 Å². The van der Waals surface area contributed by atoms with Crippen LogP contribution in [0.4, 0.5) is 8.78 Å². The first-order valence-electron chi connectivity index (χ1n) is 5.25. The van der Waals surface area contributed by atoms with Crippen LogP contribution in [0, 0.1) is 0 Å². The van der Waals surface area contributed by atoms with Gasteiger partial charge in [-0.2, -0.15) is 8.78 Å². The average Bonchev–Trinajstić information content (AvgIpc) is 2.51. The molecule has 0 aromatic carbocycles. The van der Waals surface area contributed by atoms with Gasteiger partial charge in [-0.3, -0.25) is 9.59 Å². The zero-order chi connectivity index (χ0) is 12.1. The Balaban J connectivity index is 2.81. The van der Waals surface area contributed by atoms with Gasteiger partial charge in [-0.1, -0.05) is 28.8 Å². The van der Waals surface area contributed by atoms with Crippen LogP contribution in [-0.4, -0.2) is 40.9 Å². The first kappa shape index (κ1) is 13.5. The van der Waals surface area contributed by atoms with Crippen LogP contribution in [0.1, 0.15) is 25.7 Å². The zero-order valence-corrected chi connectivity index (χ0v) is 10.4. The summed E-state index contributed by atoms with van der Waals surface area (Å²) in [5, 5.41) is 0.102. The molecule has 0 saturated carbocycles. The summed E-state index contributed by atoms with van der Waals surface area (Å²) in [4.78, 5) is 23.9. The fourth-order valence-electron chi connectivity index (χ4n) is 1.92. The molecule has 1 atom stereocenters. The van der Waals surface area contributed by atoms with Gasteiger partial charge in [0.05, 0.1) is 11.4 Å². The molecule has 0 N–H and O–H groups in total. The molecule has 0 radical (unpaired) electrons. The number of nitrogens with zero attached hydrogens (tertiary/aromatic N) is 1. The average molecular weight is 298 g/mol. The molecule has 1 saturated heterocycles. The SMILES string of the molecule is O=C(CBr)C1CCCCCN1C(=O)C(F)F. The van der Waals surface area contributed by atoms with Crippen LogP contribution in [0.3, 0.4) is 0 Å². The molecule has 1 aliphatic rings. The summed E-state index contributed by atoms with van der Waals surface area (Å²) in [6.07, 6.45) is -0.174. The van der Waals surface area contributed by atoms with Crippen LogP contribution in [0.2, 0.25) is 0 Å². The second kappa shape index (κ2) is 6.27.